The fourth-order valence-electron chi connectivity index (χ4n) is 5.55. The molecule has 0 atom stereocenters. The number of aliphatic hydroxyl groups excluding tert-OH is 1. The van der Waals surface area contributed by atoms with Gasteiger partial charge in [-0.2, -0.15) is 18.3 Å². The summed E-state index contributed by atoms with van der Waals surface area (Å²) in [5, 5.41) is 18.2. The van der Waals surface area contributed by atoms with Crippen LogP contribution in [0.1, 0.15) is 78.7 Å². The number of aromatic nitrogens is 3. The summed E-state index contributed by atoms with van der Waals surface area (Å²) in [6, 6.07) is 6.69. The molecule has 0 spiro atoms. The van der Waals surface area contributed by atoms with Crippen LogP contribution in [0.25, 0.3) is 10.9 Å². The van der Waals surface area contributed by atoms with E-state index >= 15 is 0 Å². The van der Waals surface area contributed by atoms with E-state index in [4.69, 9.17) is 5.10 Å². The number of amides is 1. The van der Waals surface area contributed by atoms with Gasteiger partial charge in [0.1, 0.15) is 0 Å². The van der Waals surface area contributed by atoms with E-state index < -0.39 is 28.5 Å². The SMILES string of the molecule is CCS(=O)(=O)c1cnc(CNC(=O)c2ccc3c(C4CC4)n(CC4CCC(C(F)(F)F)CC4)nc3c2)c(CO)c1. The summed E-state index contributed by atoms with van der Waals surface area (Å²) in [5.74, 6) is -1.16. The van der Waals surface area contributed by atoms with Crippen molar-refractivity contribution < 1.29 is 31.5 Å². The number of sulfone groups is 1. The van der Waals surface area contributed by atoms with E-state index in [9.17, 15) is 31.5 Å². The van der Waals surface area contributed by atoms with E-state index in [-0.39, 0.29) is 41.9 Å². The zero-order valence-electron chi connectivity index (χ0n) is 22.2. The third-order valence-electron chi connectivity index (χ3n) is 8.11. The van der Waals surface area contributed by atoms with Crippen LogP contribution in [0.15, 0.2) is 35.4 Å². The quantitative estimate of drug-likeness (QED) is 0.374. The molecule has 2 aliphatic carbocycles. The molecule has 1 aromatic carbocycles. The van der Waals surface area contributed by atoms with Crippen LogP contribution in [-0.4, -0.2) is 46.1 Å². The molecule has 0 aliphatic heterocycles. The molecule has 5 rings (SSSR count). The normalized spacial score (nSPS) is 20.1. The topological polar surface area (TPSA) is 114 Å². The largest absolute Gasteiger partial charge is 0.392 e. The lowest BCUT2D eigenvalue weighted by Gasteiger charge is -2.30. The molecule has 8 nitrogen and oxygen atoms in total. The van der Waals surface area contributed by atoms with Crippen molar-refractivity contribution in [2.45, 2.75) is 82.1 Å². The van der Waals surface area contributed by atoms with Crippen LogP contribution in [0.3, 0.4) is 0 Å². The molecule has 216 valence electrons. The highest BCUT2D eigenvalue weighted by atomic mass is 32.2. The summed E-state index contributed by atoms with van der Waals surface area (Å²) in [4.78, 5) is 17.2. The van der Waals surface area contributed by atoms with Crippen molar-refractivity contribution in [3.63, 3.8) is 0 Å². The van der Waals surface area contributed by atoms with E-state index in [1.807, 2.05) is 10.7 Å². The number of hydrogen-bond acceptors (Lipinski definition) is 6. The van der Waals surface area contributed by atoms with Crippen LogP contribution < -0.4 is 5.32 Å². The fraction of sp³-hybridized carbons (Fsp3) is 0.536. The number of carbonyl (C=O) groups is 1. The van der Waals surface area contributed by atoms with E-state index in [2.05, 4.69) is 10.3 Å². The van der Waals surface area contributed by atoms with Crippen molar-refractivity contribution >= 4 is 26.6 Å². The Balaban J connectivity index is 1.30. The molecule has 0 radical (unpaired) electrons. The summed E-state index contributed by atoms with van der Waals surface area (Å²) in [6.07, 6.45) is 0.541. The Bertz CT molecular complexity index is 1510. The Morgan fingerprint density at radius 3 is 2.48 bits per heavy atom. The van der Waals surface area contributed by atoms with Crippen molar-refractivity contribution in [1.29, 1.82) is 0 Å². The lowest BCUT2D eigenvalue weighted by Crippen LogP contribution is -2.29. The second-order valence-electron chi connectivity index (χ2n) is 10.9. The molecule has 40 heavy (non-hydrogen) atoms. The molecular weight excluding hydrogens is 545 g/mol. The van der Waals surface area contributed by atoms with Crippen molar-refractivity contribution in [3.8, 4) is 0 Å². The average Bonchev–Trinajstić information content (AvgIpc) is 3.71. The summed E-state index contributed by atoms with van der Waals surface area (Å²) in [6.45, 7) is 1.68. The zero-order chi connectivity index (χ0) is 28.7. The van der Waals surface area contributed by atoms with Crippen LogP contribution in [-0.2, 0) is 29.5 Å². The second kappa shape index (κ2) is 11.1. The number of rotatable bonds is 9. The Kier molecular flexibility index (Phi) is 7.93. The van der Waals surface area contributed by atoms with Crippen molar-refractivity contribution in [1.82, 2.24) is 20.1 Å². The molecule has 12 heteroatoms. The van der Waals surface area contributed by atoms with Gasteiger partial charge in [-0.15, -0.1) is 0 Å². The molecule has 0 unspecified atom stereocenters. The maximum Gasteiger partial charge on any atom is 0.391 e. The van der Waals surface area contributed by atoms with Crippen LogP contribution >= 0.6 is 0 Å². The number of pyridine rings is 1. The Morgan fingerprint density at radius 2 is 1.85 bits per heavy atom. The summed E-state index contributed by atoms with van der Waals surface area (Å²) in [5.41, 5.74) is 2.84. The molecule has 2 aromatic heterocycles. The highest BCUT2D eigenvalue weighted by Gasteiger charge is 2.41. The first-order valence-electron chi connectivity index (χ1n) is 13.7. The summed E-state index contributed by atoms with van der Waals surface area (Å²) >= 11 is 0. The van der Waals surface area contributed by atoms with Crippen molar-refractivity contribution in [3.05, 3.63) is 53.0 Å². The maximum absolute atomic E-state index is 13.1. The van der Waals surface area contributed by atoms with Gasteiger partial charge in [-0.25, -0.2) is 8.42 Å². The van der Waals surface area contributed by atoms with Crippen LogP contribution in [0.5, 0.6) is 0 Å². The molecule has 2 N–H and O–H groups in total. The van der Waals surface area contributed by atoms with Gasteiger partial charge in [0.05, 0.1) is 40.9 Å². The molecule has 0 bridgehead atoms. The highest BCUT2D eigenvalue weighted by molar-refractivity contribution is 7.91. The van der Waals surface area contributed by atoms with Crippen molar-refractivity contribution in [2.75, 3.05) is 5.75 Å². The number of nitrogens with zero attached hydrogens (tertiary/aromatic N) is 3. The number of carbonyl (C=O) groups excluding carboxylic acids is 1. The predicted molar refractivity (Wildman–Crippen MR) is 142 cm³/mol. The number of alkyl halides is 3. The van der Waals surface area contributed by atoms with Crippen molar-refractivity contribution in [2.24, 2.45) is 11.8 Å². The standard InChI is InChI=1S/C28H33F3N4O4S/c1-2-40(38,39)22-11-20(16-36)25(32-13-22)14-33-27(37)19-7-10-23-24(12-19)34-35(26(23)18-5-6-18)15-17-3-8-21(9-4-17)28(29,30)31/h7,10-13,17-18,21,36H,2-6,8-9,14-16H2,1H3,(H,33,37). The van der Waals surface area contributed by atoms with Gasteiger partial charge in [-0.3, -0.25) is 14.5 Å². The first kappa shape index (κ1) is 28.5. The minimum absolute atomic E-state index is 0.00157. The smallest absolute Gasteiger partial charge is 0.391 e. The molecule has 2 saturated carbocycles. The van der Waals surface area contributed by atoms with Gasteiger partial charge < -0.3 is 10.4 Å². The molecule has 2 aliphatic rings. The summed E-state index contributed by atoms with van der Waals surface area (Å²) < 4.78 is 65.5. The molecule has 3 aromatic rings. The van der Waals surface area contributed by atoms with Gasteiger partial charge in [-0.05, 0) is 62.6 Å². The number of halogens is 3. The first-order chi connectivity index (χ1) is 19.0. The highest BCUT2D eigenvalue weighted by Crippen LogP contribution is 2.45. The average molecular weight is 579 g/mol. The summed E-state index contributed by atoms with van der Waals surface area (Å²) in [7, 11) is -3.48. The van der Waals surface area contributed by atoms with Gasteiger partial charge in [0.15, 0.2) is 9.84 Å². The Morgan fingerprint density at radius 1 is 1.12 bits per heavy atom. The lowest BCUT2D eigenvalue weighted by atomic mass is 9.81. The molecule has 0 saturated heterocycles. The van der Waals surface area contributed by atoms with E-state index in [1.54, 1.807) is 12.1 Å². The minimum atomic E-state index is -4.13. The first-order valence-corrected chi connectivity index (χ1v) is 15.3. The number of aliphatic hydroxyl groups is 1. The van der Waals surface area contributed by atoms with Gasteiger partial charge in [-0.1, -0.05) is 13.0 Å². The third kappa shape index (κ3) is 6.02. The Labute approximate surface area is 230 Å². The molecule has 2 heterocycles. The van der Waals surface area contributed by atoms with Crippen LogP contribution in [0.4, 0.5) is 13.2 Å². The zero-order valence-corrected chi connectivity index (χ0v) is 23.1. The number of nitrogens with one attached hydrogen (secondary N) is 1. The minimum Gasteiger partial charge on any atom is -0.392 e. The number of fused-ring (bicyclic) bond motifs is 1. The van der Waals surface area contributed by atoms with Crippen LogP contribution in [0.2, 0.25) is 0 Å². The van der Waals surface area contributed by atoms with Gasteiger partial charge in [0, 0.05) is 40.9 Å². The van der Waals surface area contributed by atoms with Gasteiger partial charge in [0.2, 0.25) is 0 Å². The number of benzene rings is 1. The second-order valence-corrected chi connectivity index (χ2v) is 13.1. The fourth-order valence-corrected chi connectivity index (χ4v) is 6.42. The number of hydrogen-bond donors (Lipinski definition) is 2. The predicted octanol–water partition coefficient (Wildman–Crippen LogP) is 4.89. The molecular formula is C28H33F3N4O4S. The van der Waals surface area contributed by atoms with Gasteiger partial charge in [0.25, 0.3) is 5.91 Å². The van der Waals surface area contributed by atoms with Crippen LogP contribution in [0, 0.1) is 11.8 Å². The molecule has 2 fully saturated rings. The Hall–Kier alpha value is -2.99. The maximum atomic E-state index is 13.1. The van der Waals surface area contributed by atoms with E-state index in [1.165, 1.54) is 19.2 Å². The lowest BCUT2D eigenvalue weighted by molar-refractivity contribution is -0.184. The van der Waals surface area contributed by atoms with E-state index in [0.717, 1.165) is 23.9 Å². The monoisotopic (exact) mass is 578 g/mol. The molecule has 1 amide bonds. The van der Waals surface area contributed by atoms with E-state index in [0.29, 0.717) is 47.6 Å². The van der Waals surface area contributed by atoms with Gasteiger partial charge >= 0.3 is 6.18 Å². The third-order valence-corrected chi connectivity index (χ3v) is 9.81.